The highest BCUT2D eigenvalue weighted by Crippen LogP contribution is 2.28. The lowest BCUT2D eigenvalue weighted by molar-refractivity contribution is 0.0366. The maximum atomic E-state index is 11.5. The van der Waals surface area contributed by atoms with E-state index in [0.29, 0.717) is 19.6 Å². The number of nitrogens with one attached hydrogen (secondary N) is 1. The second-order valence-corrected chi connectivity index (χ2v) is 4.04. The van der Waals surface area contributed by atoms with E-state index < -0.39 is 0 Å². The van der Waals surface area contributed by atoms with Crippen molar-refractivity contribution in [3.63, 3.8) is 0 Å². The van der Waals surface area contributed by atoms with Gasteiger partial charge in [-0.3, -0.25) is 0 Å². The second-order valence-electron chi connectivity index (χ2n) is 4.04. The highest BCUT2D eigenvalue weighted by atomic mass is 16.6. The van der Waals surface area contributed by atoms with Crippen LogP contribution in [0.3, 0.4) is 0 Å². The van der Waals surface area contributed by atoms with Crippen molar-refractivity contribution in [2.75, 3.05) is 32.7 Å². The number of piperidine rings is 1. The number of hydrogen-bond acceptors (Lipinski definition) is 4. The normalized spacial score (nSPS) is 32.4. The molecule has 1 spiro atoms. The van der Waals surface area contributed by atoms with Gasteiger partial charge in [-0.15, -0.1) is 0 Å². The van der Waals surface area contributed by atoms with E-state index in [1.54, 1.807) is 4.90 Å². The largest absolute Gasteiger partial charge is 0.440 e. The summed E-state index contributed by atoms with van der Waals surface area (Å²) < 4.78 is 5.42. The molecule has 0 aromatic carbocycles. The Morgan fingerprint density at radius 1 is 1.64 bits per heavy atom. The molecule has 2 aliphatic rings. The predicted octanol–water partition coefficient (Wildman–Crippen LogP) is -0.480. The Morgan fingerprint density at radius 2 is 2.50 bits per heavy atom. The Kier molecular flexibility index (Phi) is 2.60. The molecule has 14 heavy (non-hydrogen) atoms. The molecule has 80 valence electrons. The summed E-state index contributed by atoms with van der Waals surface area (Å²) in [5.74, 6) is 0. The molecule has 3 N–H and O–H groups in total. The fraction of sp³-hybridized carbons (Fsp3) is 0.889. The van der Waals surface area contributed by atoms with Crippen LogP contribution >= 0.6 is 0 Å². The van der Waals surface area contributed by atoms with Gasteiger partial charge in [-0.05, 0) is 19.4 Å². The molecule has 2 rings (SSSR count). The molecular weight excluding hydrogens is 182 g/mol. The molecule has 0 aromatic rings. The van der Waals surface area contributed by atoms with Gasteiger partial charge in [0.05, 0.1) is 6.54 Å². The van der Waals surface area contributed by atoms with Crippen molar-refractivity contribution in [3.05, 3.63) is 0 Å². The van der Waals surface area contributed by atoms with Crippen LogP contribution in [0.2, 0.25) is 0 Å². The fourth-order valence-electron chi connectivity index (χ4n) is 2.18. The van der Waals surface area contributed by atoms with Crippen molar-refractivity contribution in [1.82, 2.24) is 10.2 Å². The van der Waals surface area contributed by atoms with Gasteiger partial charge in [0.25, 0.3) is 0 Å². The Bertz CT molecular complexity index is 226. The minimum atomic E-state index is -0.273. The van der Waals surface area contributed by atoms with Crippen LogP contribution in [-0.4, -0.2) is 49.3 Å². The fourth-order valence-corrected chi connectivity index (χ4v) is 2.18. The maximum Gasteiger partial charge on any atom is 0.410 e. The van der Waals surface area contributed by atoms with Gasteiger partial charge in [0, 0.05) is 19.6 Å². The van der Waals surface area contributed by atoms with Crippen molar-refractivity contribution in [2.45, 2.75) is 18.4 Å². The second kappa shape index (κ2) is 3.74. The molecule has 0 aromatic heterocycles. The Hall–Kier alpha value is -0.810. The number of ether oxygens (including phenoxy) is 1. The van der Waals surface area contributed by atoms with E-state index in [4.69, 9.17) is 10.5 Å². The first kappa shape index (κ1) is 9.73. The minimum Gasteiger partial charge on any atom is -0.440 e. The standard InChI is InChI=1S/C9H17N3O2/c10-3-5-12-7-9(14-8(12)13)2-1-4-11-6-9/h11H,1-7,10H2. The lowest BCUT2D eigenvalue weighted by atomic mass is 9.94. The van der Waals surface area contributed by atoms with Crippen LogP contribution in [0.4, 0.5) is 4.79 Å². The minimum absolute atomic E-state index is 0.209. The van der Waals surface area contributed by atoms with Crippen LogP contribution in [-0.2, 0) is 4.74 Å². The van der Waals surface area contributed by atoms with E-state index in [-0.39, 0.29) is 11.7 Å². The topological polar surface area (TPSA) is 67.6 Å². The third kappa shape index (κ3) is 1.69. The van der Waals surface area contributed by atoms with Gasteiger partial charge < -0.3 is 20.7 Å². The summed E-state index contributed by atoms with van der Waals surface area (Å²) in [5, 5.41) is 3.27. The zero-order valence-electron chi connectivity index (χ0n) is 8.29. The van der Waals surface area contributed by atoms with Crippen molar-refractivity contribution in [2.24, 2.45) is 5.73 Å². The molecule has 2 heterocycles. The first-order valence-corrected chi connectivity index (χ1v) is 5.14. The Labute approximate surface area is 83.6 Å². The molecule has 0 saturated carbocycles. The molecular formula is C9H17N3O2. The molecule has 1 amide bonds. The first-order chi connectivity index (χ1) is 6.76. The predicted molar refractivity (Wildman–Crippen MR) is 51.9 cm³/mol. The van der Waals surface area contributed by atoms with Gasteiger partial charge in [0.2, 0.25) is 0 Å². The maximum absolute atomic E-state index is 11.5. The van der Waals surface area contributed by atoms with Gasteiger partial charge in [-0.2, -0.15) is 0 Å². The summed E-state index contributed by atoms with van der Waals surface area (Å²) >= 11 is 0. The van der Waals surface area contributed by atoms with E-state index in [1.165, 1.54) is 0 Å². The van der Waals surface area contributed by atoms with Crippen molar-refractivity contribution in [1.29, 1.82) is 0 Å². The molecule has 5 nitrogen and oxygen atoms in total. The van der Waals surface area contributed by atoms with Crippen molar-refractivity contribution in [3.8, 4) is 0 Å². The average Bonchev–Trinajstić information content (AvgIpc) is 2.45. The van der Waals surface area contributed by atoms with Crippen LogP contribution in [0.25, 0.3) is 0 Å². The summed E-state index contributed by atoms with van der Waals surface area (Å²) in [6.07, 6.45) is 1.83. The first-order valence-electron chi connectivity index (χ1n) is 5.14. The third-order valence-electron chi connectivity index (χ3n) is 2.87. The quantitative estimate of drug-likeness (QED) is 0.630. The van der Waals surface area contributed by atoms with E-state index in [9.17, 15) is 4.79 Å². The van der Waals surface area contributed by atoms with Gasteiger partial charge in [-0.1, -0.05) is 0 Å². The number of carbonyl (C=O) groups is 1. The lowest BCUT2D eigenvalue weighted by Gasteiger charge is -2.31. The molecule has 0 bridgehead atoms. The van der Waals surface area contributed by atoms with Crippen molar-refractivity contribution >= 4 is 6.09 Å². The number of amides is 1. The van der Waals surface area contributed by atoms with Crippen LogP contribution in [0.5, 0.6) is 0 Å². The molecule has 0 radical (unpaired) electrons. The summed E-state index contributed by atoms with van der Waals surface area (Å²) in [4.78, 5) is 13.2. The summed E-state index contributed by atoms with van der Waals surface area (Å²) in [6.45, 7) is 3.59. The molecule has 2 fully saturated rings. The summed E-state index contributed by atoms with van der Waals surface area (Å²) in [7, 11) is 0. The van der Waals surface area contributed by atoms with Gasteiger partial charge in [0.1, 0.15) is 5.60 Å². The number of nitrogens with zero attached hydrogens (tertiary/aromatic N) is 1. The number of carbonyl (C=O) groups excluding carboxylic acids is 1. The van der Waals surface area contributed by atoms with Crippen LogP contribution in [0, 0.1) is 0 Å². The smallest absolute Gasteiger partial charge is 0.410 e. The Balaban J connectivity index is 1.99. The Morgan fingerprint density at radius 3 is 3.14 bits per heavy atom. The molecule has 1 unspecified atom stereocenters. The SMILES string of the molecule is NCCN1CC2(CCCNC2)OC1=O. The van der Waals surface area contributed by atoms with Crippen LogP contribution in [0.15, 0.2) is 0 Å². The van der Waals surface area contributed by atoms with E-state index in [2.05, 4.69) is 5.32 Å². The van der Waals surface area contributed by atoms with Crippen LogP contribution in [0.1, 0.15) is 12.8 Å². The lowest BCUT2D eigenvalue weighted by Crippen LogP contribution is -2.48. The molecule has 1 atom stereocenters. The molecule has 0 aliphatic carbocycles. The highest BCUT2D eigenvalue weighted by molar-refractivity contribution is 5.70. The molecule has 5 heteroatoms. The highest BCUT2D eigenvalue weighted by Gasteiger charge is 2.45. The zero-order chi connectivity index (χ0) is 10.0. The van der Waals surface area contributed by atoms with Gasteiger partial charge in [0.15, 0.2) is 0 Å². The summed E-state index contributed by atoms with van der Waals surface area (Å²) in [6, 6.07) is 0. The van der Waals surface area contributed by atoms with E-state index in [1.807, 2.05) is 0 Å². The third-order valence-corrected chi connectivity index (χ3v) is 2.87. The van der Waals surface area contributed by atoms with Crippen molar-refractivity contribution < 1.29 is 9.53 Å². The monoisotopic (exact) mass is 199 g/mol. The molecule has 2 saturated heterocycles. The van der Waals surface area contributed by atoms with Gasteiger partial charge >= 0.3 is 6.09 Å². The van der Waals surface area contributed by atoms with E-state index >= 15 is 0 Å². The van der Waals surface area contributed by atoms with Gasteiger partial charge in [-0.25, -0.2) is 4.79 Å². The van der Waals surface area contributed by atoms with Crippen LogP contribution < -0.4 is 11.1 Å². The number of rotatable bonds is 2. The number of nitrogens with two attached hydrogens (primary N) is 1. The van der Waals surface area contributed by atoms with E-state index in [0.717, 1.165) is 25.9 Å². The number of hydrogen-bond donors (Lipinski definition) is 2. The summed E-state index contributed by atoms with van der Waals surface area (Å²) in [5.41, 5.74) is 5.15. The average molecular weight is 199 g/mol. The zero-order valence-corrected chi connectivity index (χ0v) is 8.29. The molecule has 2 aliphatic heterocycles.